The second-order valence-electron chi connectivity index (χ2n) is 10.1. The second-order valence-corrected chi connectivity index (χ2v) is 10.1. The molecule has 3 rings (SSSR count). The first-order valence-electron chi connectivity index (χ1n) is 12.9. The Hall–Kier alpha value is -3.97. The fraction of sp³-hybridized carbons (Fsp3) is 0.323. The molecule has 200 valence electrons. The standard InChI is InChI=1S/C31H37N3O4/c1-20(2)16-27(18-28(35)34-38)30(36)33-29(31(37)32-19-23-11-10-21(3)22(4)17-23)26-14-12-25(13-15-26)24-8-6-5-7-9-24/h5-15,17,20,27,29,38H,16,18-19H2,1-4H3,(H,32,37)(H,33,36)(H,34,35)/t27-,29?/m1/s1. The highest BCUT2D eigenvalue weighted by Crippen LogP contribution is 2.24. The van der Waals surface area contributed by atoms with Gasteiger partial charge in [-0.25, -0.2) is 5.48 Å². The van der Waals surface area contributed by atoms with E-state index >= 15 is 0 Å². The summed E-state index contributed by atoms with van der Waals surface area (Å²) in [4.78, 5) is 38.6. The van der Waals surface area contributed by atoms with E-state index in [9.17, 15) is 14.4 Å². The van der Waals surface area contributed by atoms with Gasteiger partial charge in [-0.05, 0) is 59.6 Å². The zero-order valence-corrected chi connectivity index (χ0v) is 22.5. The molecule has 0 aromatic heterocycles. The number of hydrogen-bond acceptors (Lipinski definition) is 4. The van der Waals surface area contributed by atoms with Gasteiger partial charge in [-0.15, -0.1) is 0 Å². The van der Waals surface area contributed by atoms with Crippen LogP contribution in [-0.4, -0.2) is 22.9 Å². The van der Waals surface area contributed by atoms with E-state index in [0.29, 0.717) is 18.5 Å². The number of amides is 3. The van der Waals surface area contributed by atoms with Gasteiger partial charge in [0, 0.05) is 18.9 Å². The molecule has 0 aliphatic rings. The fourth-order valence-corrected chi connectivity index (χ4v) is 4.39. The van der Waals surface area contributed by atoms with E-state index in [4.69, 9.17) is 5.21 Å². The molecule has 0 radical (unpaired) electrons. The number of carbonyl (C=O) groups excluding carboxylic acids is 3. The first-order chi connectivity index (χ1) is 18.2. The van der Waals surface area contributed by atoms with Crippen LogP contribution < -0.4 is 16.1 Å². The van der Waals surface area contributed by atoms with Crippen molar-refractivity contribution in [2.45, 2.75) is 53.1 Å². The average molecular weight is 516 g/mol. The molecule has 0 saturated carbocycles. The molecule has 3 aromatic carbocycles. The lowest BCUT2D eigenvalue weighted by Gasteiger charge is -2.23. The number of carbonyl (C=O) groups is 3. The second kappa shape index (κ2) is 13.5. The highest BCUT2D eigenvalue weighted by Gasteiger charge is 2.29. The van der Waals surface area contributed by atoms with Crippen molar-refractivity contribution < 1.29 is 19.6 Å². The number of aryl methyl sites for hydroxylation is 2. The van der Waals surface area contributed by atoms with Crippen LogP contribution in [0.4, 0.5) is 0 Å². The quantitative estimate of drug-likeness (QED) is 0.213. The minimum absolute atomic E-state index is 0.138. The van der Waals surface area contributed by atoms with Gasteiger partial charge < -0.3 is 10.6 Å². The third-order valence-corrected chi connectivity index (χ3v) is 6.62. The molecular formula is C31H37N3O4. The maximum Gasteiger partial charge on any atom is 0.247 e. The predicted octanol–water partition coefficient (Wildman–Crippen LogP) is 5.00. The van der Waals surface area contributed by atoms with Crippen molar-refractivity contribution in [2.24, 2.45) is 11.8 Å². The van der Waals surface area contributed by atoms with Crippen molar-refractivity contribution in [2.75, 3.05) is 0 Å². The van der Waals surface area contributed by atoms with Gasteiger partial charge >= 0.3 is 0 Å². The molecule has 0 fully saturated rings. The third kappa shape index (κ3) is 8.02. The van der Waals surface area contributed by atoms with E-state index in [0.717, 1.165) is 22.3 Å². The minimum Gasteiger partial charge on any atom is -0.350 e. The molecule has 7 nitrogen and oxygen atoms in total. The molecule has 3 aromatic rings. The Bertz CT molecular complexity index is 1240. The molecule has 1 unspecified atom stereocenters. The van der Waals surface area contributed by atoms with Crippen LogP contribution in [0, 0.1) is 25.7 Å². The topological polar surface area (TPSA) is 108 Å². The summed E-state index contributed by atoms with van der Waals surface area (Å²) < 4.78 is 0. The van der Waals surface area contributed by atoms with E-state index in [-0.39, 0.29) is 18.2 Å². The lowest BCUT2D eigenvalue weighted by molar-refractivity contribution is -0.136. The summed E-state index contributed by atoms with van der Waals surface area (Å²) in [7, 11) is 0. The summed E-state index contributed by atoms with van der Waals surface area (Å²) in [5.74, 6) is -1.96. The molecule has 0 saturated heterocycles. The number of nitrogens with one attached hydrogen (secondary N) is 3. The molecule has 3 amide bonds. The Balaban J connectivity index is 1.85. The van der Waals surface area contributed by atoms with Gasteiger partial charge in [0.1, 0.15) is 6.04 Å². The van der Waals surface area contributed by atoms with Crippen LogP contribution in [0.15, 0.2) is 72.8 Å². The molecule has 0 aliphatic heterocycles. The Morgan fingerprint density at radius 2 is 1.47 bits per heavy atom. The third-order valence-electron chi connectivity index (χ3n) is 6.62. The van der Waals surface area contributed by atoms with Gasteiger partial charge in [0.2, 0.25) is 17.7 Å². The number of hydrogen-bond donors (Lipinski definition) is 4. The number of hydroxylamine groups is 1. The predicted molar refractivity (Wildman–Crippen MR) is 148 cm³/mol. The number of rotatable bonds is 11. The maximum absolute atomic E-state index is 13.4. The normalized spacial score (nSPS) is 12.5. The summed E-state index contributed by atoms with van der Waals surface area (Å²) in [6.07, 6.45) is 0.258. The Kier molecular flexibility index (Phi) is 10.2. The molecule has 2 atom stereocenters. The summed E-state index contributed by atoms with van der Waals surface area (Å²) in [5, 5.41) is 14.8. The van der Waals surface area contributed by atoms with E-state index in [2.05, 4.69) is 10.6 Å². The van der Waals surface area contributed by atoms with Crippen LogP contribution in [0.25, 0.3) is 11.1 Å². The minimum atomic E-state index is -0.953. The maximum atomic E-state index is 13.4. The van der Waals surface area contributed by atoms with E-state index in [1.54, 1.807) is 5.48 Å². The van der Waals surface area contributed by atoms with E-state index in [1.165, 1.54) is 5.56 Å². The van der Waals surface area contributed by atoms with Gasteiger partial charge in [-0.3, -0.25) is 19.6 Å². The van der Waals surface area contributed by atoms with Crippen molar-refractivity contribution in [3.8, 4) is 11.1 Å². The van der Waals surface area contributed by atoms with Crippen LogP contribution in [0.3, 0.4) is 0 Å². The smallest absolute Gasteiger partial charge is 0.247 e. The van der Waals surface area contributed by atoms with E-state index < -0.39 is 23.8 Å². The highest BCUT2D eigenvalue weighted by atomic mass is 16.5. The van der Waals surface area contributed by atoms with E-state index in [1.807, 2.05) is 100 Å². The molecular weight excluding hydrogens is 478 g/mol. The molecule has 0 aliphatic carbocycles. The summed E-state index contributed by atoms with van der Waals surface area (Å²) in [5.41, 5.74) is 7.54. The SMILES string of the molecule is Cc1ccc(CNC(=O)C(NC(=O)[C@@H](CC(=O)NO)CC(C)C)c2ccc(-c3ccccc3)cc2)cc1C. The summed E-state index contributed by atoms with van der Waals surface area (Å²) in [6.45, 7) is 8.28. The molecule has 0 bridgehead atoms. The Labute approximate surface area is 224 Å². The molecule has 7 heteroatoms. The van der Waals surface area contributed by atoms with Gasteiger partial charge in [0.05, 0.1) is 0 Å². The lowest BCUT2D eigenvalue weighted by atomic mass is 9.92. The van der Waals surface area contributed by atoms with Crippen LogP contribution in [0.5, 0.6) is 0 Å². The molecule has 0 spiro atoms. The van der Waals surface area contributed by atoms with Crippen LogP contribution in [0.2, 0.25) is 0 Å². The van der Waals surface area contributed by atoms with Crippen molar-refractivity contribution in [1.29, 1.82) is 0 Å². The number of benzene rings is 3. The molecule has 0 heterocycles. The van der Waals surface area contributed by atoms with Crippen molar-refractivity contribution in [3.05, 3.63) is 95.1 Å². The molecule has 38 heavy (non-hydrogen) atoms. The van der Waals surface area contributed by atoms with Crippen LogP contribution >= 0.6 is 0 Å². The first-order valence-corrected chi connectivity index (χ1v) is 12.9. The fourth-order valence-electron chi connectivity index (χ4n) is 4.39. The zero-order valence-electron chi connectivity index (χ0n) is 22.5. The van der Waals surface area contributed by atoms with Crippen LogP contribution in [0.1, 0.15) is 55.0 Å². The van der Waals surface area contributed by atoms with Crippen LogP contribution in [-0.2, 0) is 20.9 Å². The van der Waals surface area contributed by atoms with Crippen molar-refractivity contribution >= 4 is 17.7 Å². The van der Waals surface area contributed by atoms with Crippen molar-refractivity contribution in [3.63, 3.8) is 0 Å². The summed E-state index contributed by atoms with van der Waals surface area (Å²) in [6, 6.07) is 22.5. The van der Waals surface area contributed by atoms with Gasteiger partial charge in [-0.2, -0.15) is 0 Å². The van der Waals surface area contributed by atoms with Gasteiger partial charge in [-0.1, -0.05) is 86.6 Å². The highest BCUT2D eigenvalue weighted by molar-refractivity contribution is 5.91. The average Bonchev–Trinajstić information content (AvgIpc) is 2.92. The monoisotopic (exact) mass is 515 g/mol. The van der Waals surface area contributed by atoms with Crippen molar-refractivity contribution in [1.82, 2.24) is 16.1 Å². The van der Waals surface area contributed by atoms with Gasteiger partial charge in [0.15, 0.2) is 0 Å². The largest absolute Gasteiger partial charge is 0.350 e. The zero-order chi connectivity index (χ0) is 27.7. The summed E-state index contributed by atoms with van der Waals surface area (Å²) >= 11 is 0. The molecule has 4 N–H and O–H groups in total. The first kappa shape index (κ1) is 28.6. The van der Waals surface area contributed by atoms with Gasteiger partial charge in [0.25, 0.3) is 0 Å². The Morgan fingerprint density at radius 3 is 2.08 bits per heavy atom. The lowest BCUT2D eigenvalue weighted by Crippen LogP contribution is -2.43. The Morgan fingerprint density at radius 1 is 0.816 bits per heavy atom.